The molecule has 6 N–H and O–H groups in total. The van der Waals surface area contributed by atoms with E-state index < -0.39 is 35.3 Å². The second kappa shape index (κ2) is 10.6. The van der Waals surface area contributed by atoms with E-state index in [0.29, 0.717) is 6.07 Å². The van der Waals surface area contributed by atoms with Crippen molar-refractivity contribution in [1.82, 2.24) is 10.9 Å². The fourth-order valence-electron chi connectivity index (χ4n) is 2.31. The summed E-state index contributed by atoms with van der Waals surface area (Å²) in [5.74, 6) is -5.18. The van der Waals surface area contributed by atoms with Crippen LogP contribution in [-0.2, 0) is 14.3 Å². The van der Waals surface area contributed by atoms with Gasteiger partial charge >= 0.3 is 0 Å². The number of benzene rings is 2. The molecule has 0 radical (unpaired) electrons. The van der Waals surface area contributed by atoms with Crippen molar-refractivity contribution in [3.8, 4) is 11.5 Å². The van der Waals surface area contributed by atoms with E-state index in [1.165, 1.54) is 20.0 Å². The van der Waals surface area contributed by atoms with E-state index in [9.17, 15) is 33.4 Å². The molecule has 1 atom stereocenters. The Labute approximate surface area is 164 Å². The number of halogens is 2. The van der Waals surface area contributed by atoms with Crippen molar-refractivity contribution in [1.29, 1.82) is 0 Å². The highest BCUT2D eigenvalue weighted by Crippen LogP contribution is 2.26. The Morgan fingerprint density at radius 3 is 2.31 bits per heavy atom. The lowest BCUT2D eigenvalue weighted by atomic mass is 10.1. The van der Waals surface area contributed by atoms with Crippen LogP contribution in [0.3, 0.4) is 0 Å². The maximum absolute atomic E-state index is 13.3. The highest BCUT2D eigenvalue weighted by atomic mass is 19.2. The monoisotopic (exact) mass is 411 g/mol. The molecule has 0 heterocycles. The Morgan fingerprint density at radius 2 is 1.76 bits per heavy atom. The molecule has 0 aromatic heterocycles. The second-order valence-electron chi connectivity index (χ2n) is 5.39. The summed E-state index contributed by atoms with van der Waals surface area (Å²) in [6.07, 6.45) is -1.66. The standard InChI is InChI=1S/C17H14F2N2O6.CH5N/c1-8-4-10(23)6-13(24)14(8)16(25)20-21-17(26)15(27-7-22)9-2-3-11(18)12(19)5-9;1-2/h2-7,15,23-24H,1H3,(H,20,25)(H,21,26);2H2,1H3. The van der Waals surface area contributed by atoms with Crippen molar-refractivity contribution in [3.63, 3.8) is 0 Å². The molecule has 156 valence electrons. The van der Waals surface area contributed by atoms with Gasteiger partial charge in [0.05, 0.1) is 5.56 Å². The summed E-state index contributed by atoms with van der Waals surface area (Å²) in [5, 5.41) is 19.1. The zero-order chi connectivity index (χ0) is 22.1. The number of carbonyl (C=O) groups excluding carboxylic acids is 3. The van der Waals surface area contributed by atoms with E-state index in [1.807, 2.05) is 10.9 Å². The molecule has 0 saturated heterocycles. The predicted octanol–water partition coefficient (Wildman–Crippen LogP) is 0.935. The quantitative estimate of drug-likeness (QED) is 0.363. The van der Waals surface area contributed by atoms with E-state index in [-0.39, 0.29) is 28.9 Å². The predicted molar refractivity (Wildman–Crippen MR) is 96.5 cm³/mol. The summed E-state index contributed by atoms with van der Waals surface area (Å²) in [4.78, 5) is 34.9. The van der Waals surface area contributed by atoms with Crippen LogP contribution < -0.4 is 16.6 Å². The van der Waals surface area contributed by atoms with Gasteiger partial charge in [-0.05, 0) is 37.7 Å². The van der Waals surface area contributed by atoms with Crippen molar-refractivity contribution in [3.05, 3.63) is 58.7 Å². The first-order chi connectivity index (χ1) is 13.7. The molecule has 0 aliphatic carbocycles. The SMILES string of the molecule is CN.Cc1cc(O)cc(O)c1C(=O)NNC(=O)C(OC=O)c1ccc(F)c(F)c1. The van der Waals surface area contributed by atoms with Gasteiger partial charge in [-0.1, -0.05) is 6.07 Å². The minimum absolute atomic E-state index is 0.0662. The molecule has 0 aliphatic heterocycles. The van der Waals surface area contributed by atoms with Gasteiger partial charge < -0.3 is 20.7 Å². The molecule has 9 nitrogen and oxygen atoms in total. The smallest absolute Gasteiger partial charge is 0.294 e. The summed E-state index contributed by atoms with van der Waals surface area (Å²) in [6.45, 7) is 1.37. The molecule has 2 aromatic rings. The first kappa shape index (κ1) is 23.3. The number of hydrazine groups is 1. The van der Waals surface area contributed by atoms with Crippen molar-refractivity contribution < 1.29 is 38.1 Å². The molecule has 0 aliphatic rings. The fourth-order valence-corrected chi connectivity index (χ4v) is 2.31. The zero-order valence-electron chi connectivity index (χ0n) is 15.4. The van der Waals surface area contributed by atoms with Crippen LogP contribution in [0.15, 0.2) is 30.3 Å². The number of aryl methyl sites for hydroxylation is 1. The number of rotatable bonds is 5. The van der Waals surface area contributed by atoms with Gasteiger partial charge in [0.25, 0.3) is 18.3 Å². The number of phenolic OH excluding ortho intramolecular Hbond substituents is 2. The van der Waals surface area contributed by atoms with Gasteiger partial charge in [0, 0.05) is 11.6 Å². The fraction of sp³-hybridized carbons (Fsp3) is 0.167. The lowest BCUT2D eigenvalue weighted by molar-refractivity contribution is -0.145. The molecule has 0 bridgehead atoms. The lowest BCUT2D eigenvalue weighted by Gasteiger charge is -2.16. The second-order valence-corrected chi connectivity index (χ2v) is 5.39. The van der Waals surface area contributed by atoms with Crippen LogP contribution in [0.25, 0.3) is 0 Å². The summed E-state index contributed by atoms with van der Waals surface area (Å²) in [7, 11) is 1.50. The van der Waals surface area contributed by atoms with Crippen molar-refractivity contribution >= 4 is 18.3 Å². The molecule has 2 rings (SSSR count). The van der Waals surface area contributed by atoms with Gasteiger partial charge in [-0.15, -0.1) is 0 Å². The van der Waals surface area contributed by atoms with E-state index >= 15 is 0 Å². The highest BCUT2D eigenvalue weighted by Gasteiger charge is 2.25. The molecule has 29 heavy (non-hydrogen) atoms. The number of carbonyl (C=O) groups is 3. The van der Waals surface area contributed by atoms with Crippen molar-refractivity contribution in [2.75, 3.05) is 7.05 Å². The van der Waals surface area contributed by atoms with E-state index in [1.54, 1.807) is 0 Å². The normalized spacial score (nSPS) is 10.8. The van der Waals surface area contributed by atoms with Gasteiger partial charge in [0.15, 0.2) is 11.6 Å². The van der Waals surface area contributed by atoms with Gasteiger partial charge in [0.2, 0.25) is 6.10 Å². The number of ether oxygens (including phenoxy) is 1. The highest BCUT2D eigenvalue weighted by molar-refractivity contribution is 5.99. The molecule has 2 amide bonds. The molecular weight excluding hydrogens is 392 g/mol. The van der Waals surface area contributed by atoms with Crippen LogP contribution in [0.5, 0.6) is 11.5 Å². The minimum atomic E-state index is -1.66. The lowest BCUT2D eigenvalue weighted by Crippen LogP contribution is -2.44. The van der Waals surface area contributed by atoms with Crippen LogP contribution in [0.4, 0.5) is 8.78 Å². The Bertz CT molecular complexity index is 884. The van der Waals surface area contributed by atoms with Crippen molar-refractivity contribution in [2.24, 2.45) is 5.73 Å². The van der Waals surface area contributed by atoms with Gasteiger partial charge in [0.1, 0.15) is 11.5 Å². The van der Waals surface area contributed by atoms with E-state index in [2.05, 4.69) is 10.5 Å². The van der Waals surface area contributed by atoms with Crippen LogP contribution in [0.2, 0.25) is 0 Å². The number of amides is 2. The Morgan fingerprint density at radius 1 is 1.10 bits per heavy atom. The largest absolute Gasteiger partial charge is 0.508 e. The molecule has 1 unspecified atom stereocenters. The number of hydrogen-bond acceptors (Lipinski definition) is 7. The molecule has 0 fully saturated rings. The first-order valence-electron chi connectivity index (χ1n) is 7.99. The topological polar surface area (TPSA) is 151 Å². The van der Waals surface area contributed by atoms with Gasteiger partial charge in [-0.25, -0.2) is 8.78 Å². The molecule has 0 spiro atoms. The summed E-state index contributed by atoms with van der Waals surface area (Å²) >= 11 is 0. The molecule has 2 aromatic carbocycles. The third-order valence-electron chi connectivity index (χ3n) is 3.50. The summed E-state index contributed by atoms with van der Waals surface area (Å²) in [5.41, 5.74) is 8.28. The zero-order valence-corrected chi connectivity index (χ0v) is 15.4. The maximum atomic E-state index is 13.3. The average molecular weight is 411 g/mol. The Kier molecular flexibility index (Phi) is 8.49. The molecule has 11 heteroatoms. The van der Waals surface area contributed by atoms with Crippen LogP contribution in [0, 0.1) is 18.6 Å². The first-order valence-corrected chi connectivity index (χ1v) is 7.99. The van der Waals surface area contributed by atoms with Crippen LogP contribution in [-0.4, -0.2) is 35.5 Å². The minimum Gasteiger partial charge on any atom is -0.508 e. The third kappa shape index (κ3) is 5.87. The number of phenols is 2. The van der Waals surface area contributed by atoms with Crippen molar-refractivity contribution in [2.45, 2.75) is 13.0 Å². The van der Waals surface area contributed by atoms with Crippen LogP contribution in [0.1, 0.15) is 27.6 Å². The Balaban J connectivity index is 0.00000204. The summed E-state index contributed by atoms with van der Waals surface area (Å²) < 4.78 is 30.9. The summed E-state index contributed by atoms with van der Waals surface area (Å²) in [6, 6.07) is 4.60. The third-order valence-corrected chi connectivity index (χ3v) is 3.50. The van der Waals surface area contributed by atoms with Crippen LogP contribution >= 0.6 is 0 Å². The maximum Gasteiger partial charge on any atom is 0.294 e. The number of hydrogen-bond donors (Lipinski definition) is 5. The number of aromatic hydroxyl groups is 2. The van der Waals surface area contributed by atoms with Gasteiger partial charge in [-0.2, -0.15) is 0 Å². The average Bonchev–Trinajstić information content (AvgIpc) is 2.67. The molecule has 0 saturated carbocycles. The van der Waals surface area contributed by atoms with E-state index in [0.717, 1.165) is 18.2 Å². The van der Waals surface area contributed by atoms with Gasteiger partial charge in [-0.3, -0.25) is 25.2 Å². The Hall–Kier alpha value is -3.73. The van der Waals surface area contributed by atoms with E-state index in [4.69, 9.17) is 0 Å². The molecular formula is C18H19F2N3O6. The number of nitrogens with two attached hydrogens (primary N) is 1. The number of nitrogens with one attached hydrogen (secondary N) is 2.